The molecule has 0 fully saturated rings. The van der Waals surface area contributed by atoms with Crippen molar-refractivity contribution >= 4 is 6.09 Å². The zero-order chi connectivity index (χ0) is 10.6. The molecular weight excluding hydrogens is 184 g/mol. The molecule has 0 aliphatic rings. The summed E-state index contributed by atoms with van der Waals surface area (Å²) in [5.41, 5.74) is 1.17. The van der Waals surface area contributed by atoms with Crippen molar-refractivity contribution in [1.82, 2.24) is 9.88 Å². The Morgan fingerprint density at radius 1 is 1.50 bits per heavy atom. The minimum atomic E-state index is -0.999. The van der Waals surface area contributed by atoms with Crippen molar-refractivity contribution in [2.75, 3.05) is 7.05 Å². The summed E-state index contributed by atoms with van der Waals surface area (Å²) in [4.78, 5) is 15.7. The van der Waals surface area contributed by atoms with Crippen LogP contribution in [0.1, 0.15) is 11.4 Å². The molecule has 0 aromatic carbocycles. The van der Waals surface area contributed by atoms with E-state index in [4.69, 9.17) is 10.2 Å². The Bertz CT molecular complexity index is 328. The Labute approximate surface area is 81.6 Å². The standard InChI is InChI=1S/C9H12N2O3/c1-11(9(13)14)5-7-3-2-4-8(6-12)10-7/h2-4,12H,5-6H2,1H3,(H,13,14). The molecule has 1 rings (SSSR count). The molecule has 0 unspecified atom stereocenters. The van der Waals surface area contributed by atoms with E-state index in [1.807, 2.05) is 0 Å². The fourth-order valence-electron chi connectivity index (χ4n) is 1.02. The summed E-state index contributed by atoms with van der Waals surface area (Å²) in [7, 11) is 1.47. The number of hydrogen-bond acceptors (Lipinski definition) is 3. The van der Waals surface area contributed by atoms with Gasteiger partial charge in [-0.1, -0.05) is 6.07 Å². The Balaban J connectivity index is 2.71. The fraction of sp³-hybridized carbons (Fsp3) is 0.333. The number of carboxylic acid groups (broad SMARTS) is 1. The second-order valence-corrected chi connectivity index (χ2v) is 2.92. The predicted molar refractivity (Wildman–Crippen MR) is 49.7 cm³/mol. The van der Waals surface area contributed by atoms with Crippen molar-refractivity contribution in [2.45, 2.75) is 13.2 Å². The Morgan fingerprint density at radius 3 is 2.71 bits per heavy atom. The van der Waals surface area contributed by atoms with Crippen LogP contribution in [0.4, 0.5) is 4.79 Å². The number of carbonyl (C=O) groups is 1. The normalized spacial score (nSPS) is 9.86. The summed E-state index contributed by atoms with van der Waals surface area (Å²) in [6.45, 7) is 0.0911. The molecule has 1 aromatic rings. The van der Waals surface area contributed by atoms with Gasteiger partial charge in [0.1, 0.15) is 0 Å². The van der Waals surface area contributed by atoms with Gasteiger partial charge in [0.25, 0.3) is 0 Å². The number of pyridine rings is 1. The Hall–Kier alpha value is -1.62. The van der Waals surface area contributed by atoms with Gasteiger partial charge in [-0.15, -0.1) is 0 Å². The molecule has 0 saturated heterocycles. The number of amides is 1. The van der Waals surface area contributed by atoms with Crippen LogP contribution in [-0.4, -0.2) is 33.2 Å². The molecule has 76 valence electrons. The smallest absolute Gasteiger partial charge is 0.407 e. The highest BCUT2D eigenvalue weighted by Crippen LogP contribution is 2.02. The van der Waals surface area contributed by atoms with E-state index in [1.165, 1.54) is 7.05 Å². The molecule has 5 heteroatoms. The number of aromatic nitrogens is 1. The van der Waals surface area contributed by atoms with Gasteiger partial charge in [0.2, 0.25) is 0 Å². The van der Waals surface area contributed by atoms with Crippen molar-refractivity contribution in [3.8, 4) is 0 Å². The van der Waals surface area contributed by atoms with Gasteiger partial charge in [-0.25, -0.2) is 4.79 Å². The average molecular weight is 196 g/mol. The summed E-state index contributed by atoms with van der Waals surface area (Å²) in [5.74, 6) is 0. The lowest BCUT2D eigenvalue weighted by Gasteiger charge is -2.12. The highest BCUT2D eigenvalue weighted by atomic mass is 16.4. The third kappa shape index (κ3) is 2.70. The predicted octanol–water partition coefficient (Wildman–Crippen LogP) is 0.684. The van der Waals surface area contributed by atoms with Crippen LogP contribution < -0.4 is 0 Å². The lowest BCUT2D eigenvalue weighted by molar-refractivity contribution is 0.153. The van der Waals surface area contributed by atoms with Crippen molar-refractivity contribution in [3.63, 3.8) is 0 Å². The first-order chi connectivity index (χ1) is 6.63. The van der Waals surface area contributed by atoms with E-state index in [0.717, 1.165) is 4.90 Å². The average Bonchev–Trinajstić information content (AvgIpc) is 2.18. The fourth-order valence-corrected chi connectivity index (χ4v) is 1.02. The SMILES string of the molecule is CN(Cc1cccc(CO)n1)C(=O)O. The molecule has 0 saturated carbocycles. The van der Waals surface area contributed by atoms with Crippen molar-refractivity contribution < 1.29 is 15.0 Å². The highest BCUT2D eigenvalue weighted by molar-refractivity contribution is 5.64. The topological polar surface area (TPSA) is 73.7 Å². The molecule has 5 nitrogen and oxygen atoms in total. The summed E-state index contributed by atoms with van der Waals surface area (Å²) >= 11 is 0. The zero-order valence-corrected chi connectivity index (χ0v) is 7.84. The highest BCUT2D eigenvalue weighted by Gasteiger charge is 2.06. The monoisotopic (exact) mass is 196 g/mol. The first-order valence-electron chi connectivity index (χ1n) is 4.13. The molecule has 0 aliphatic carbocycles. The van der Waals surface area contributed by atoms with Gasteiger partial charge in [0.15, 0.2) is 0 Å². The number of aliphatic hydroxyl groups excluding tert-OH is 1. The van der Waals surface area contributed by atoms with Crippen LogP contribution in [0.25, 0.3) is 0 Å². The van der Waals surface area contributed by atoms with Crippen LogP contribution >= 0.6 is 0 Å². The largest absolute Gasteiger partial charge is 0.465 e. The maximum Gasteiger partial charge on any atom is 0.407 e. The summed E-state index contributed by atoms with van der Waals surface area (Å²) in [6.07, 6.45) is -0.999. The molecule has 2 N–H and O–H groups in total. The van der Waals surface area contributed by atoms with E-state index in [0.29, 0.717) is 11.4 Å². The second-order valence-electron chi connectivity index (χ2n) is 2.92. The van der Waals surface area contributed by atoms with Crippen LogP contribution in [-0.2, 0) is 13.2 Å². The van der Waals surface area contributed by atoms with E-state index < -0.39 is 6.09 Å². The first kappa shape index (κ1) is 10.5. The van der Waals surface area contributed by atoms with E-state index in [9.17, 15) is 4.79 Å². The van der Waals surface area contributed by atoms with Crippen molar-refractivity contribution in [2.24, 2.45) is 0 Å². The second kappa shape index (κ2) is 4.57. The maximum absolute atomic E-state index is 10.5. The van der Waals surface area contributed by atoms with Gasteiger partial charge in [0.05, 0.1) is 24.5 Å². The van der Waals surface area contributed by atoms with Gasteiger partial charge in [-0.3, -0.25) is 4.98 Å². The lowest BCUT2D eigenvalue weighted by atomic mass is 10.3. The quantitative estimate of drug-likeness (QED) is 0.745. The number of nitrogens with zero attached hydrogens (tertiary/aromatic N) is 2. The lowest BCUT2D eigenvalue weighted by Crippen LogP contribution is -2.24. The van der Waals surface area contributed by atoms with Crippen molar-refractivity contribution in [3.05, 3.63) is 29.6 Å². The summed E-state index contributed by atoms with van der Waals surface area (Å²) in [6, 6.07) is 5.15. The molecule has 0 aliphatic heterocycles. The van der Waals surface area contributed by atoms with Crippen LogP contribution in [0.15, 0.2) is 18.2 Å². The van der Waals surface area contributed by atoms with Gasteiger partial charge in [0, 0.05) is 7.05 Å². The van der Waals surface area contributed by atoms with E-state index in [1.54, 1.807) is 18.2 Å². The molecule has 0 radical (unpaired) electrons. The Morgan fingerprint density at radius 2 is 2.14 bits per heavy atom. The van der Waals surface area contributed by atoms with Crippen LogP contribution in [0.3, 0.4) is 0 Å². The number of aliphatic hydroxyl groups is 1. The number of rotatable bonds is 3. The van der Waals surface area contributed by atoms with Gasteiger partial charge in [-0.2, -0.15) is 0 Å². The van der Waals surface area contributed by atoms with Gasteiger partial charge in [-0.05, 0) is 12.1 Å². The third-order valence-electron chi connectivity index (χ3n) is 1.75. The molecule has 14 heavy (non-hydrogen) atoms. The maximum atomic E-state index is 10.5. The van der Waals surface area contributed by atoms with Gasteiger partial charge < -0.3 is 15.1 Å². The number of hydrogen-bond donors (Lipinski definition) is 2. The molecular formula is C9H12N2O3. The molecule has 0 bridgehead atoms. The zero-order valence-electron chi connectivity index (χ0n) is 7.84. The third-order valence-corrected chi connectivity index (χ3v) is 1.75. The summed E-state index contributed by atoms with van der Waals surface area (Å²) < 4.78 is 0. The molecule has 0 spiro atoms. The molecule has 0 atom stereocenters. The molecule has 1 amide bonds. The van der Waals surface area contributed by atoms with E-state index in [-0.39, 0.29) is 13.2 Å². The first-order valence-corrected chi connectivity index (χ1v) is 4.13. The van der Waals surface area contributed by atoms with Crippen LogP contribution in [0.5, 0.6) is 0 Å². The molecule has 1 aromatic heterocycles. The van der Waals surface area contributed by atoms with E-state index in [2.05, 4.69) is 4.98 Å². The minimum absolute atomic E-state index is 0.134. The Kier molecular flexibility index (Phi) is 3.41. The van der Waals surface area contributed by atoms with Crippen LogP contribution in [0.2, 0.25) is 0 Å². The summed E-state index contributed by atoms with van der Waals surface area (Å²) in [5, 5.41) is 17.4. The van der Waals surface area contributed by atoms with Gasteiger partial charge >= 0.3 is 6.09 Å². The minimum Gasteiger partial charge on any atom is -0.465 e. The molecule has 1 heterocycles. The van der Waals surface area contributed by atoms with Crippen LogP contribution in [0, 0.1) is 0 Å². The van der Waals surface area contributed by atoms with E-state index >= 15 is 0 Å². The van der Waals surface area contributed by atoms with Crippen molar-refractivity contribution in [1.29, 1.82) is 0 Å².